The molecule has 0 aliphatic carbocycles. The number of H-pyrrole nitrogens is 1. The summed E-state index contributed by atoms with van der Waals surface area (Å²) in [7, 11) is 0. The third-order valence-electron chi connectivity index (χ3n) is 8.94. The molecule has 0 spiro atoms. The van der Waals surface area contributed by atoms with E-state index in [9.17, 15) is 19.7 Å². The molecule has 4 heterocycles. The van der Waals surface area contributed by atoms with E-state index in [1.807, 2.05) is 48.5 Å². The number of carbonyl (C=O) groups excluding carboxylic acids is 2. The van der Waals surface area contributed by atoms with E-state index in [2.05, 4.69) is 37.4 Å². The van der Waals surface area contributed by atoms with Gasteiger partial charge < -0.3 is 37.8 Å². The topological polar surface area (TPSA) is 214 Å². The van der Waals surface area contributed by atoms with Crippen molar-refractivity contribution < 1.29 is 47.9 Å². The van der Waals surface area contributed by atoms with Gasteiger partial charge in [-0.15, -0.1) is 20.3 Å². The van der Waals surface area contributed by atoms with Crippen LogP contribution in [0.15, 0.2) is 48.5 Å². The number of hydrogen-bond donors (Lipinski definition) is 1. The van der Waals surface area contributed by atoms with Gasteiger partial charge in [-0.1, -0.05) is 73.5 Å². The highest BCUT2D eigenvalue weighted by Gasteiger charge is 2.50. The number of nitrogens with zero attached hydrogens (tertiary/aromatic N) is 6. The molecule has 2 aromatic carbocycles. The second-order valence-corrected chi connectivity index (χ2v) is 13.1. The fraction of sp³-hybridized carbons (Fsp3) is 0.486. The lowest BCUT2D eigenvalue weighted by molar-refractivity contribution is -0.767. The lowest BCUT2D eigenvalue weighted by Gasteiger charge is -2.19. The summed E-state index contributed by atoms with van der Waals surface area (Å²) in [6.07, 6.45) is -2.88. The molecule has 0 amide bonds. The smallest absolute Gasteiger partial charge is 0.426 e. The van der Waals surface area contributed by atoms with Crippen LogP contribution in [0, 0.1) is 10.1 Å². The Morgan fingerprint density at radius 2 is 1.78 bits per heavy atom. The number of rotatable bonds is 17. The van der Waals surface area contributed by atoms with Crippen LogP contribution in [0.1, 0.15) is 61.9 Å². The second kappa shape index (κ2) is 17.8. The fourth-order valence-electron chi connectivity index (χ4n) is 6.31. The monoisotopic (exact) mass is 769 g/mol. The van der Waals surface area contributed by atoms with Crippen molar-refractivity contribution >= 4 is 23.7 Å². The largest absolute Gasteiger partial charge is 0.511 e. The van der Waals surface area contributed by atoms with Crippen LogP contribution < -0.4 is 0 Å². The first-order valence-electron chi connectivity index (χ1n) is 17.5. The molecule has 2 fully saturated rings. The number of unbranched alkanes of at least 4 members (excludes halogenated alkanes) is 1. The van der Waals surface area contributed by atoms with Gasteiger partial charge in [0.1, 0.15) is 30.2 Å². The van der Waals surface area contributed by atoms with Gasteiger partial charge in [-0.05, 0) is 41.7 Å². The molecule has 19 heteroatoms. The summed E-state index contributed by atoms with van der Waals surface area (Å²) in [4.78, 5) is 45.8. The zero-order valence-corrected chi connectivity index (χ0v) is 30.5. The molecule has 6 atom stereocenters. The summed E-state index contributed by atoms with van der Waals surface area (Å²) >= 11 is 6.54. The van der Waals surface area contributed by atoms with Crippen molar-refractivity contribution in [3.63, 3.8) is 0 Å². The van der Waals surface area contributed by atoms with Gasteiger partial charge in [0.15, 0.2) is 17.0 Å². The molecule has 0 saturated carbocycles. The number of hydrogen-bond acceptors (Lipinski definition) is 15. The number of imidazole rings is 1. The molecule has 18 nitrogen and oxygen atoms in total. The second-order valence-electron chi connectivity index (χ2n) is 12.8. The van der Waals surface area contributed by atoms with E-state index in [1.54, 1.807) is 11.5 Å². The summed E-state index contributed by atoms with van der Waals surface area (Å²) in [5.74, 6) is 0.263. The Labute approximate surface area is 314 Å². The van der Waals surface area contributed by atoms with Gasteiger partial charge in [0, 0.05) is 32.1 Å². The number of esters is 1. The highest BCUT2D eigenvalue weighted by molar-refractivity contribution is 6.32. The van der Waals surface area contributed by atoms with E-state index in [0.29, 0.717) is 18.1 Å². The molecule has 0 bridgehead atoms. The van der Waals surface area contributed by atoms with Crippen molar-refractivity contribution in [1.82, 2.24) is 30.2 Å². The van der Waals surface area contributed by atoms with Gasteiger partial charge >= 0.3 is 12.1 Å². The molecule has 1 N–H and O–H groups in total. The molecule has 288 valence electrons. The number of aryl methyl sites for hydroxylation is 1. The molecule has 0 radical (unpaired) electrons. The molecule has 6 rings (SSSR count). The van der Waals surface area contributed by atoms with E-state index in [4.69, 9.17) is 40.0 Å². The van der Waals surface area contributed by atoms with Crippen LogP contribution >= 0.6 is 11.6 Å². The SMILES string of the molecule is CCCCc1nc(Cl)c(C(=O)OC(C)OC(=O)O[C@H]2COC3C2OC[C@@H]3OCCC(C)O[N+](=O)[O-])n1Cc1ccc(-c2ccccc2-c2nn[nH]n2)cc1. The Morgan fingerprint density at radius 1 is 1.06 bits per heavy atom. The van der Waals surface area contributed by atoms with Crippen molar-refractivity contribution in [2.45, 2.75) is 89.8 Å². The van der Waals surface area contributed by atoms with Crippen molar-refractivity contribution in [1.29, 1.82) is 0 Å². The maximum Gasteiger partial charge on any atom is 0.511 e. The number of carbonyl (C=O) groups is 2. The number of ether oxygens (including phenoxy) is 6. The first-order valence-corrected chi connectivity index (χ1v) is 17.9. The van der Waals surface area contributed by atoms with Crippen LogP contribution in [-0.2, 0) is 46.2 Å². The Balaban J connectivity index is 1.06. The normalized spacial score (nSPS) is 20.2. The van der Waals surface area contributed by atoms with Crippen LogP contribution in [0.3, 0.4) is 0 Å². The van der Waals surface area contributed by atoms with Gasteiger partial charge in [0.2, 0.25) is 12.1 Å². The minimum atomic E-state index is -1.34. The number of benzene rings is 2. The maximum absolute atomic E-state index is 13.5. The third kappa shape index (κ3) is 9.30. The Bertz CT molecular complexity index is 1890. The molecule has 2 aromatic heterocycles. The van der Waals surface area contributed by atoms with Gasteiger partial charge in [0.05, 0.1) is 13.2 Å². The summed E-state index contributed by atoms with van der Waals surface area (Å²) in [5, 5.41) is 24.0. The van der Waals surface area contributed by atoms with Crippen LogP contribution in [0.2, 0.25) is 5.15 Å². The van der Waals surface area contributed by atoms with E-state index >= 15 is 0 Å². The van der Waals surface area contributed by atoms with Gasteiger partial charge in [-0.25, -0.2) is 14.6 Å². The lowest BCUT2D eigenvalue weighted by atomic mass is 9.98. The molecule has 2 aliphatic rings. The average molecular weight is 770 g/mol. The minimum absolute atomic E-state index is 0.0230. The highest BCUT2D eigenvalue weighted by Crippen LogP contribution is 2.32. The van der Waals surface area contributed by atoms with E-state index < -0.39 is 54.0 Å². The Hall–Kier alpha value is -5.17. The zero-order chi connectivity index (χ0) is 38.2. The number of aromatic amines is 1. The predicted octanol–water partition coefficient (Wildman–Crippen LogP) is 4.97. The number of nitrogens with one attached hydrogen (secondary N) is 1. The first-order chi connectivity index (χ1) is 26.1. The fourth-order valence-corrected chi connectivity index (χ4v) is 6.59. The van der Waals surface area contributed by atoms with Crippen LogP contribution in [0.5, 0.6) is 0 Å². The van der Waals surface area contributed by atoms with Crippen LogP contribution in [0.4, 0.5) is 4.79 Å². The highest BCUT2D eigenvalue weighted by atomic mass is 35.5. The third-order valence-corrected chi connectivity index (χ3v) is 9.20. The number of aromatic nitrogens is 6. The lowest BCUT2D eigenvalue weighted by Crippen LogP contribution is -2.36. The average Bonchev–Trinajstić information content (AvgIpc) is 3.94. The first kappa shape index (κ1) is 38.6. The van der Waals surface area contributed by atoms with E-state index in [1.165, 1.54) is 6.92 Å². The molecule has 2 saturated heterocycles. The quantitative estimate of drug-likeness (QED) is 0.0650. The van der Waals surface area contributed by atoms with E-state index in [0.717, 1.165) is 35.1 Å². The summed E-state index contributed by atoms with van der Waals surface area (Å²) < 4.78 is 35.3. The predicted molar refractivity (Wildman–Crippen MR) is 188 cm³/mol. The number of tetrazole rings is 1. The van der Waals surface area contributed by atoms with Crippen LogP contribution in [0.25, 0.3) is 22.5 Å². The molecule has 2 aliphatic heterocycles. The van der Waals surface area contributed by atoms with Gasteiger partial charge in [-0.2, -0.15) is 5.21 Å². The summed E-state index contributed by atoms with van der Waals surface area (Å²) in [6, 6.07) is 15.6. The maximum atomic E-state index is 13.5. The van der Waals surface area contributed by atoms with Crippen LogP contribution in [-0.4, -0.2) is 104 Å². The van der Waals surface area contributed by atoms with Crippen molar-refractivity contribution in [2.75, 3.05) is 19.8 Å². The van der Waals surface area contributed by atoms with Crippen molar-refractivity contribution in [3.8, 4) is 22.5 Å². The number of fused-ring (bicyclic) bond motifs is 1. The molecular weight excluding hydrogens is 730 g/mol. The van der Waals surface area contributed by atoms with Crippen molar-refractivity contribution in [2.24, 2.45) is 0 Å². The Morgan fingerprint density at radius 3 is 2.48 bits per heavy atom. The Kier molecular flexibility index (Phi) is 12.7. The van der Waals surface area contributed by atoms with Gasteiger partial charge in [0.25, 0.3) is 5.09 Å². The van der Waals surface area contributed by atoms with E-state index in [-0.39, 0.29) is 43.6 Å². The molecule has 4 unspecified atom stereocenters. The molecular formula is C35H40ClN7O11. The van der Waals surface area contributed by atoms with Gasteiger partial charge in [-0.3, -0.25) is 0 Å². The minimum Gasteiger partial charge on any atom is -0.426 e. The zero-order valence-electron chi connectivity index (χ0n) is 29.8. The van der Waals surface area contributed by atoms with Crippen molar-refractivity contribution in [3.05, 3.63) is 80.9 Å². The standard InChI is InChI=1S/C35H40ClN7O11/c1-4-5-10-28-37-32(36)29(42(28)17-22-11-13-23(14-12-22)24-8-6-7-9-25(24)33-38-40-41-39-33)34(44)51-21(3)52-35(45)53-27-19-50-30-26(18-49-31(27)30)48-16-15-20(2)54-43(46)47/h6-9,11-14,20-21,26-27,30-31H,4-5,10,15-19H2,1-3H3,(H,38,39,40,41)/t20?,21?,26-,27-,30?,31?/m0/s1. The molecule has 4 aromatic rings. The molecule has 54 heavy (non-hydrogen) atoms. The number of halogens is 1. The summed E-state index contributed by atoms with van der Waals surface area (Å²) in [6.45, 7) is 5.66. The summed E-state index contributed by atoms with van der Waals surface area (Å²) in [5.41, 5.74) is 3.59.